The van der Waals surface area contributed by atoms with Gasteiger partial charge >= 0.3 is 5.69 Å². The van der Waals surface area contributed by atoms with E-state index in [1.807, 2.05) is 91.0 Å². The number of aryl methyl sites for hydroxylation is 1. The summed E-state index contributed by atoms with van der Waals surface area (Å²) >= 11 is 0. The standard InChI is InChI=1S/C33H34N2O7/c1-24-17-35(31(37)34-29(24)36)30-28-33(41-20-27-15-9-4-10-16-27,23-39-19-26-13-7-3-8-14-26)32(42-30,22-40-28)21-38-18-25-11-5-2-6-12-25/h2-17,28,30H,18-23H2,1H3,(H,34,36,37)/t28-,30+,32-,33-/m0/s1. The Balaban J connectivity index is 1.36. The lowest BCUT2D eigenvalue weighted by atomic mass is 9.84. The lowest BCUT2D eigenvalue weighted by Gasteiger charge is -2.39. The number of ether oxygens (including phenoxy) is 5. The summed E-state index contributed by atoms with van der Waals surface area (Å²) < 4.78 is 33.9. The van der Waals surface area contributed by atoms with Crippen LogP contribution < -0.4 is 11.2 Å². The molecular weight excluding hydrogens is 536 g/mol. The maximum atomic E-state index is 13.0. The van der Waals surface area contributed by atoms with E-state index in [2.05, 4.69) is 4.98 Å². The van der Waals surface area contributed by atoms with E-state index >= 15 is 0 Å². The molecule has 1 N–H and O–H groups in total. The number of benzene rings is 3. The third kappa shape index (κ3) is 5.49. The second-order valence-corrected chi connectivity index (χ2v) is 10.8. The van der Waals surface area contributed by atoms with Gasteiger partial charge < -0.3 is 23.7 Å². The molecule has 0 saturated carbocycles. The lowest BCUT2D eigenvalue weighted by molar-refractivity contribution is -0.215. The fourth-order valence-corrected chi connectivity index (χ4v) is 5.71. The van der Waals surface area contributed by atoms with Crippen LogP contribution in [0.3, 0.4) is 0 Å². The van der Waals surface area contributed by atoms with Gasteiger partial charge in [-0.15, -0.1) is 0 Å². The van der Waals surface area contributed by atoms with E-state index in [-0.39, 0.29) is 26.4 Å². The van der Waals surface area contributed by atoms with Crippen LogP contribution in [0.1, 0.15) is 28.5 Å². The molecule has 3 heterocycles. The van der Waals surface area contributed by atoms with Gasteiger partial charge in [0, 0.05) is 11.8 Å². The van der Waals surface area contributed by atoms with E-state index in [1.165, 1.54) is 10.8 Å². The smallest absolute Gasteiger partial charge is 0.330 e. The molecule has 4 atom stereocenters. The molecule has 4 aromatic rings. The molecule has 3 aromatic carbocycles. The SMILES string of the molecule is Cc1cn([C@@H]2O[C@@]3(COCc4ccccc4)CO[C@@H]2[C@]3(COCc2ccccc2)OCc2ccccc2)c(=O)[nH]c1=O. The quantitative estimate of drug-likeness (QED) is 0.276. The van der Waals surface area contributed by atoms with Crippen molar-refractivity contribution >= 4 is 0 Å². The fraction of sp³-hybridized carbons (Fsp3) is 0.333. The molecule has 218 valence electrons. The first-order valence-electron chi connectivity index (χ1n) is 14.0. The number of nitrogens with one attached hydrogen (secondary N) is 1. The molecule has 0 spiro atoms. The Labute approximate surface area is 243 Å². The number of fused-ring (bicyclic) bond motifs is 2. The topological polar surface area (TPSA) is 101 Å². The highest BCUT2D eigenvalue weighted by atomic mass is 16.7. The van der Waals surface area contributed by atoms with Gasteiger partial charge in [-0.25, -0.2) is 4.79 Å². The van der Waals surface area contributed by atoms with Crippen molar-refractivity contribution in [1.29, 1.82) is 0 Å². The van der Waals surface area contributed by atoms with E-state index < -0.39 is 34.8 Å². The molecule has 9 heteroatoms. The number of hydrogen-bond acceptors (Lipinski definition) is 7. The summed E-state index contributed by atoms with van der Waals surface area (Å²) in [5.41, 5.74) is 0.109. The van der Waals surface area contributed by atoms with Gasteiger partial charge in [0.25, 0.3) is 5.56 Å². The zero-order valence-corrected chi connectivity index (χ0v) is 23.4. The van der Waals surface area contributed by atoms with Crippen molar-refractivity contribution < 1.29 is 23.7 Å². The summed E-state index contributed by atoms with van der Waals surface area (Å²) in [4.78, 5) is 27.6. The summed E-state index contributed by atoms with van der Waals surface area (Å²) in [6, 6.07) is 29.6. The predicted molar refractivity (Wildman–Crippen MR) is 155 cm³/mol. The van der Waals surface area contributed by atoms with Crippen LogP contribution in [0.5, 0.6) is 0 Å². The minimum atomic E-state index is -1.14. The van der Waals surface area contributed by atoms with Crippen LogP contribution in [0.2, 0.25) is 0 Å². The van der Waals surface area contributed by atoms with Crippen molar-refractivity contribution in [3.05, 3.63) is 140 Å². The Morgan fingerprint density at radius 2 is 1.36 bits per heavy atom. The number of rotatable bonds is 12. The fourth-order valence-electron chi connectivity index (χ4n) is 5.71. The Morgan fingerprint density at radius 1 is 0.810 bits per heavy atom. The molecule has 0 unspecified atom stereocenters. The number of hydrogen-bond donors (Lipinski definition) is 1. The van der Waals surface area contributed by atoms with E-state index in [9.17, 15) is 9.59 Å². The number of nitrogens with zero attached hydrogens (tertiary/aromatic N) is 1. The van der Waals surface area contributed by atoms with Crippen LogP contribution >= 0.6 is 0 Å². The Morgan fingerprint density at radius 3 is 1.95 bits per heavy atom. The number of H-pyrrole nitrogens is 1. The maximum Gasteiger partial charge on any atom is 0.330 e. The summed E-state index contributed by atoms with van der Waals surface area (Å²) in [7, 11) is 0. The highest BCUT2D eigenvalue weighted by Gasteiger charge is 2.73. The average molecular weight is 571 g/mol. The average Bonchev–Trinajstić information content (AvgIpc) is 3.45. The molecule has 42 heavy (non-hydrogen) atoms. The largest absolute Gasteiger partial charge is 0.374 e. The van der Waals surface area contributed by atoms with Gasteiger partial charge in [0.1, 0.15) is 6.10 Å². The molecule has 6 rings (SSSR count). The van der Waals surface area contributed by atoms with Gasteiger partial charge in [-0.1, -0.05) is 91.0 Å². The predicted octanol–water partition coefficient (Wildman–Crippen LogP) is 3.90. The van der Waals surface area contributed by atoms with Crippen LogP contribution in [0, 0.1) is 6.92 Å². The third-order valence-corrected chi connectivity index (χ3v) is 7.97. The molecular formula is C33H34N2O7. The summed E-state index contributed by atoms with van der Waals surface area (Å²) in [5.74, 6) is 0. The van der Waals surface area contributed by atoms with Gasteiger partial charge in [-0.3, -0.25) is 14.3 Å². The molecule has 2 bridgehead atoms. The zero-order valence-electron chi connectivity index (χ0n) is 23.4. The molecule has 9 nitrogen and oxygen atoms in total. The number of aromatic amines is 1. The van der Waals surface area contributed by atoms with Crippen molar-refractivity contribution in [3.8, 4) is 0 Å². The van der Waals surface area contributed by atoms with Crippen molar-refractivity contribution in [2.24, 2.45) is 0 Å². The van der Waals surface area contributed by atoms with E-state index in [4.69, 9.17) is 23.7 Å². The van der Waals surface area contributed by atoms with Crippen LogP contribution in [-0.4, -0.2) is 46.7 Å². The number of aromatic nitrogens is 2. The van der Waals surface area contributed by atoms with Gasteiger partial charge in [0.15, 0.2) is 17.4 Å². The molecule has 0 radical (unpaired) electrons. The minimum Gasteiger partial charge on any atom is -0.374 e. The Kier molecular flexibility index (Phi) is 8.19. The highest BCUT2D eigenvalue weighted by Crippen LogP contribution is 2.54. The van der Waals surface area contributed by atoms with E-state index in [0.29, 0.717) is 18.8 Å². The second kappa shape index (κ2) is 12.2. The molecule has 2 aliphatic heterocycles. The molecule has 2 fully saturated rings. The summed E-state index contributed by atoms with van der Waals surface area (Å²) in [6.45, 7) is 3.07. The van der Waals surface area contributed by atoms with Crippen LogP contribution in [-0.2, 0) is 43.5 Å². The monoisotopic (exact) mass is 570 g/mol. The highest BCUT2D eigenvalue weighted by molar-refractivity contribution is 5.22. The first-order chi connectivity index (χ1) is 20.5. The van der Waals surface area contributed by atoms with Crippen molar-refractivity contribution in [2.75, 3.05) is 19.8 Å². The second-order valence-electron chi connectivity index (χ2n) is 10.8. The molecule has 2 saturated heterocycles. The third-order valence-electron chi connectivity index (χ3n) is 7.97. The van der Waals surface area contributed by atoms with Crippen molar-refractivity contribution in [3.63, 3.8) is 0 Å². The van der Waals surface area contributed by atoms with E-state index in [1.54, 1.807) is 6.92 Å². The van der Waals surface area contributed by atoms with Gasteiger partial charge in [0.05, 0.1) is 39.6 Å². The van der Waals surface area contributed by atoms with Crippen molar-refractivity contribution in [1.82, 2.24) is 9.55 Å². The first kappa shape index (κ1) is 28.3. The lowest BCUT2D eigenvalue weighted by Crippen LogP contribution is -2.59. The van der Waals surface area contributed by atoms with Gasteiger partial charge in [-0.05, 0) is 23.6 Å². The minimum absolute atomic E-state index is 0.127. The maximum absolute atomic E-state index is 13.0. The van der Waals surface area contributed by atoms with Gasteiger partial charge in [0.2, 0.25) is 0 Å². The van der Waals surface area contributed by atoms with Gasteiger partial charge in [-0.2, -0.15) is 0 Å². The molecule has 0 amide bonds. The Bertz CT molecular complexity index is 1590. The summed E-state index contributed by atoms with van der Waals surface area (Å²) in [6.07, 6.45) is -0.0974. The van der Waals surface area contributed by atoms with Crippen LogP contribution in [0.4, 0.5) is 0 Å². The Hall–Kier alpha value is -3.86. The molecule has 1 aromatic heterocycles. The van der Waals surface area contributed by atoms with E-state index in [0.717, 1.165) is 16.7 Å². The van der Waals surface area contributed by atoms with Crippen molar-refractivity contribution in [2.45, 2.75) is 50.3 Å². The molecule has 2 aliphatic rings. The zero-order chi connectivity index (χ0) is 29.0. The first-order valence-corrected chi connectivity index (χ1v) is 14.0. The van der Waals surface area contributed by atoms with Crippen LogP contribution in [0.25, 0.3) is 0 Å². The summed E-state index contributed by atoms with van der Waals surface area (Å²) in [5, 5.41) is 0. The molecule has 0 aliphatic carbocycles. The normalized spacial score (nSPS) is 24.7. The van der Waals surface area contributed by atoms with Crippen LogP contribution in [0.15, 0.2) is 107 Å².